The molecule has 0 radical (unpaired) electrons. The van der Waals surface area contributed by atoms with Crippen molar-refractivity contribution < 1.29 is 0 Å². The number of rotatable bonds is 3. The van der Waals surface area contributed by atoms with Gasteiger partial charge < -0.3 is 0 Å². The summed E-state index contributed by atoms with van der Waals surface area (Å²) in [4.78, 5) is 9.78. The van der Waals surface area contributed by atoms with Crippen LogP contribution in [0, 0.1) is 11.3 Å². The first-order valence-electron chi connectivity index (χ1n) is 14.0. The van der Waals surface area contributed by atoms with Gasteiger partial charge in [0, 0.05) is 22.5 Å². The molecular weight excluding hydrogens is 510 g/mol. The lowest BCUT2D eigenvalue weighted by Crippen LogP contribution is -1.90. The second-order valence-electron chi connectivity index (χ2n) is 10.6. The number of nitriles is 1. The Kier molecular flexibility index (Phi) is 5.52. The minimum absolute atomic E-state index is 0.667. The fourth-order valence-corrected chi connectivity index (χ4v) is 5.99. The number of fused-ring (bicyclic) bond motifs is 5. The highest BCUT2D eigenvalue weighted by molar-refractivity contribution is 6.05. The maximum Gasteiger partial charge on any atom is 0.0991 e. The lowest BCUT2D eigenvalue weighted by atomic mass is 9.93. The van der Waals surface area contributed by atoms with Crippen LogP contribution in [0.2, 0.25) is 0 Å². The molecule has 0 amide bonds. The molecule has 42 heavy (non-hydrogen) atoms. The van der Waals surface area contributed by atoms with Crippen molar-refractivity contribution in [2.45, 2.75) is 0 Å². The molecule has 0 unspecified atom stereocenters. The molecular formula is C39H23N3. The molecule has 0 fully saturated rings. The lowest BCUT2D eigenvalue weighted by Gasteiger charge is -2.12. The zero-order valence-electron chi connectivity index (χ0n) is 22.6. The number of pyridine rings is 2. The van der Waals surface area contributed by atoms with Crippen LogP contribution in [0.15, 0.2) is 140 Å². The van der Waals surface area contributed by atoms with Crippen LogP contribution >= 0.6 is 0 Å². The molecule has 0 N–H and O–H groups in total. The van der Waals surface area contributed by atoms with Gasteiger partial charge in [-0.2, -0.15) is 5.26 Å². The van der Waals surface area contributed by atoms with Crippen molar-refractivity contribution in [2.24, 2.45) is 0 Å². The van der Waals surface area contributed by atoms with Gasteiger partial charge in [0.1, 0.15) is 0 Å². The third kappa shape index (κ3) is 3.98. The largest absolute Gasteiger partial charge is 0.254 e. The van der Waals surface area contributed by atoms with E-state index in [1.807, 2.05) is 36.5 Å². The van der Waals surface area contributed by atoms with E-state index in [4.69, 9.17) is 4.98 Å². The minimum atomic E-state index is 0.667. The summed E-state index contributed by atoms with van der Waals surface area (Å²) < 4.78 is 0. The van der Waals surface area contributed by atoms with Crippen LogP contribution in [0.3, 0.4) is 0 Å². The van der Waals surface area contributed by atoms with Crippen LogP contribution in [0.25, 0.3) is 76.9 Å². The van der Waals surface area contributed by atoms with Gasteiger partial charge in [0.05, 0.1) is 28.4 Å². The van der Waals surface area contributed by atoms with E-state index < -0.39 is 0 Å². The molecule has 194 valence electrons. The Balaban J connectivity index is 1.25. The number of nitrogens with zero attached hydrogens (tertiary/aromatic N) is 3. The van der Waals surface area contributed by atoms with Crippen LogP contribution in [0.1, 0.15) is 5.56 Å². The smallest absolute Gasteiger partial charge is 0.0991 e. The van der Waals surface area contributed by atoms with Gasteiger partial charge in [-0.1, -0.05) is 97.1 Å². The molecule has 0 spiro atoms. The third-order valence-electron chi connectivity index (χ3n) is 8.13. The first-order valence-corrected chi connectivity index (χ1v) is 14.0. The van der Waals surface area contributed by atoms with Gasteiger partial charge in [-0.15, -0.1) is 0 Å². The Morgan fingerprint density at radius 2 is 1.14 bits per heavy atom. The van der Waals surface area contributed by atoms with Crippen molar-refractivity contribution in [1.29, 1.82) is 5.26 Å². The van der Waals surface area contributed by atoms with E-state index >= 15 is 0 Å². The van der Waals surface area contributed by atoms with Gasteiger partial charge in [0.15, 0.2) is 0 Å². The summed E-state index contributed by atoms with van der Waals surface area (Å²) in [5, 5.41) is 16.1. The summed E-state index contributed by atoms with van der Waals surface area (Å²) in [5.41, 5.74) is 9.15. The van der Waals surface area contributed by atoms with E-state index in [2.05, 4.69) is 114 Å². The standard InChI is InChI=1S/C39H23N3/c40-24-25-9-11-27(12-10-25)33-7-2-5-32-22-30(17-19-34(32)33)31-16-13-26-4-1-8-35(36(26)23-31)37-20-18-29-15-14-28-6-3-21-41-38(28)39(29)42-37/h1-23H. The van der Waals surface area contributed by atoms with Gasteiger partial charge in [0.2, 0.25) is 0 Å². The van der Waals surface area contributed by atoms with Crippen molar-refractivity contribution in [2.75, 3.05) is 0 Å². The van der Waals surface area contributed by atoms with E-state index in [-0.39, 0.29) is 0 Å². The number of benzene rings is 6. The van der Waals surface area contributed by atoms with Crippen molar-refractivity contribution in [1.82, 2.24) is 9.97 Å². The summed E-state index contributed by atoms with van der Waals surface area (Å²) in [6.07, 6.45) is 1.83. The molecule has 0 atom stereocenters. The van der Waals surface area contributed by atoms with Crippen LogP contribution in [0.4, 0.5) is 0 Å². The molecule has 0 aliphatic rings. The molecule has 0 aliphatic heterocycles. The number of hydrogen-bond donors (Lipinski definition) is 0. The molecule has 3 nitrogen and oxygen atoms in total. The van der Waals surface area contributed by atoms with Crippen molar-refractivity contribution in [3.05, 3.63) is 145 Å². The molecule has 0 aliphatic carbocycles. The molecule has 8 rings (SSSR count). The molecule has 3 heteroatoms. The Hall–Kier alpha value is -5.85. The van der Waals surface area contributed by atoms with Crippen molar-refractivity contribution in [3.63, 3.8) is 0 Å². The number of hydrogen-bond acceptors (Lipinski definition) is 3. The van der Waals surface area contributed by atoms with Crippen LogP contribution in [-0.4, -0.2) is 9.97 Å². The maximum absolute atomic E-state index is 9.18. The normalized spacial score (nSPS) is 11.3. The molecule has 0 saturated heterocycles. The average Bonchev–Trinajstić information content (AvgIpc) is 3.07. The fourth-order valence-electron chi connectivity index (χ4n) is 5.99. The predicted molar refractivity (Wildman–Crippen MR) is 173 cm³/mol. The summed E-state index contributed by atoms with van der Waals surface area (Å²) in [6, 6.07) is 48.7. The molecule has 0 bridgehead atoms. The summed E-state index contributed by atoms with van der Waals surface area (Å²) in [5.74, 6) is 0. The summed E-state index contributed by atoms with van der Waals surface area (Å²) in [7, 11) is 0. The quantitative estimate of drug-likeness (QED) is 0.212. The monoisotopic (exact) mass is 533 g/mol. The highest BCUT2D eigenvalue weighted by atomic mass is 14.8. The second kappa shape index (κ2) is 9.66. The first kappa shape index (κ1) is 24.0. The van der Waals surface area contributed by atoms with E-state index in [1.165, 1.54) is 21.5 Å². The fraction of sp³-hybridized carbons (Fsp3) is 0. The minimum Gasteiger partial charge on any atom is -0.254 e. The zero-order chi connectivity index (χ0) is 28.0. The summed E-state index contributed by atoms with van der Waals surface area (Å²) >= 11 is 0. The lowest BCUT2D eigenvalue weighted by molar-refractivity contribution is 1.37. The Labute approximate surface area is 243 Å². The van der Waals surface area contributed by atoms with E-state index in [1.54, 1.807) is 0 Å². The highest BCUT2D eigenvalue weighted by Gasteiger charge is 2.11. The van der Waals surface area contributed by atoms with Gasteiger partial charge in [0.25, 0.3) is 0 Å². The van der Waals surface area contributed by atoms with E-state index in [9.17, 15) is 5.26 Å². The predicted octanol–water partition coefficient (Wildman–Crippen LogP) is 9.96. The van der Waals surface area contributed by atoms with Crippen LogP contribution < -0.4 is 0 Å². The topological polar surface area (TPSA) is 49.6 Å². The molecule has 2 aromatic heterocycles. The van der Waals surface area contributed by atoms with Crippen molar-refractivity contribution in [3.8, 4) is 39.6 Å². The molecule has 2 heterocycles. The molecule has 0 saturated carbocycles. The number of aromatic nitrogens is 2. The van der Waals surface area contributed by atoms with Crippen molar-refractivity contribution >= 4 is 43.4 Å². The van der Waals surface area contributed by atoms with Gasteiger partial charge in [-0.25, -0.2) is 4.98 Å². The van der Waals surface area contributed by atoms with Crippen LogP contribution in [0.5, 0.6) is 0 Å². The zero-order valence-corrected chi connectivity index (χ0v) is 22.6. The highest BCUT2D eigenvalue weighted by Crippen LogP contribution is 2.36. The second-order valence-corrected chi connectivity index (χ2v) is 10.6. The van der Waals surface area contributed by atoms with E-state index in [0.717, 1.165) is 55.3 Å². The van der Waals surface area contributed by atoms with Gasteiger partial charge in [-0.05, 0) is 80.2 Å². The Morgan fingerprint density at radius 1 is 0.476 bits per heavy atom. The Morgan fingerprint density at radius 3 is 2.00 bits per heavy atom. The SMILES string of the molecule is N#Cc1ccc(-c2cccc3cc(-c4ccc5cccc(-c6ccc7ccc8cccnc8c7n6)c5c4)ccc23)cc1. The first-order chi connectivity index (χ1) is 20.7. The Bertz CT molecular complexity index is 2360. The van der Waals surface area contributed by atoms with E-state index in [0.29, 0.717) is 5.56 Å². The van der Waals surface area contributed by atoms with Gasteiger partial charge in [-0.3, -0.25) is 4.98 Å². The van der Waals surface area contributed by atoms with Crippen LogP contribution in [-0.2, 0) is 0 Å². The average molecular weight is 534 g/mol. The molecule has 8 aromatic rings. The van der Waals surface area contributed by atoms with Gasteiger partial charge >= 0.3 is 0 Å². The maximum atomic E-state index is 9.18. The third-order valence-corrected chi connectivity index (χ3v) is 8.13. The summed E-state index contributed by atoms with van der Waals surface area (Å²) in [6.45, 7) is 0. The molecule has 6 aromatic carbocycles.